The summed E-state index contributed by atoms with van der Waals surface area (Å²) in [7, 11) is 0. The van der Waals surface area contributed by atoms with Crippen molar-refractivity contribution in [3.63, 3.8) is 0 Å². The smallest absolute Gasteiger partial charge is 0.119 e. The molecule has 2 spiro atoms. The molecule has 4 aliphatic rings. The van der Waals surface area contributed by atoms with Crippen LogP contribution in [0.1, 0.15) is 44.9 Å². The van der Waals surface area contributed by atoms with Gasteiger partial charge in [0.15, 0.2) is 0 Å². The molecule has 2 saturated heterocycles. The summed E-state index contributed by atoms with van der Waals surface area (Å²) in [6, 6.07) is 0. The molecule has 4 heteroatoms. The first-order chi connectivity index (χ1) is 9.73. The van der Waals surface area contributed by atoms with E-state index >= 15 is 0 Å². The minimum atomic E-state index is 0.0545. The van der Waals surface area contributed by atoms with Gasteiger partial charge in [-0.1, -0.05) is 0 Å². The Labute approximate surface area is 121 Å². The van der Waals surface area contributed by atoms with Gasteiger partial charge < -0.3 is 9.84 Å². The summed E-state index contributed by atoms with van der Waals surface area (Å²) in [6.45, 7) is 4.43. The molecule has 2 aliphatic carbocycles. The van der Waals surface area contributed by atoms with Crippen LogP contribution in [0.4, 0.5) is 0 Å². The number of rotatable bonds is 2. The number of likely N-dealkylation sites (tertiary alicyclic amines) is 1. The molecule has 2 N–H and O–H groups in total. The van der Waals surface area contributed by atoms with Crippen LogP contribution in [0.3, 0.4) is 0 Å². The zero-order valence-corrected chi connectivity index (χ0v) is 12.4. The van der Waals surface area contributed by atoms with Crippen molar-refractivity contribution in [2.24, 2.45) is 17.3 Å². The highest BCUT2D eigenvalue weighted by molar-refractivity contribution is 5.02. The summed E-state index contributed by atoms with van der Waals surface area (Å²) >= 11 is 0. The fourth-order valence-corrected chi connectivity index (χ4v) is 5.34. The molecule has 2 saturated carbocycles. The molecule has 4 nitrogen and oxygen atoms in total. The molecule has 20 heavy (non-hydrogen) atoms. The maximum Gasteiger partial charge on any atom is 0.119 e. The van der Waals surface area contributed by atoms with Crippen LogP contribution in [0.5, 0.6) is 0 Å². The normalized spacial score (nSPS) is 49.0. The van der Waals surface area contributed by atoms with E-state index in [-0.39, 0.29) is 12.5 Å². The minimum absolute atomic E-state index is 0.0545. The van der Waals surface area contributed by atoms with Gasteiger partial charge in [0.1, 0.15) is 5.72 Å². The number of nitrogens with one attached hydrogen (secondary N) is 1. The molecule has 0 atom stereocenters. The quantitative estimate of drug-likeness (QED) is 0.805. The molecule has 0 bridgehead atoms. The SMILES string of the molecule is OCN1CCC2(CC(C3CCC4(CC3)NCCO4)C2)C1. The summed E-state index contributed by atoms with van der Waals surface area (Å²) < 4.78 is 5.94. The van der Waals surface area contributed by atoms with Crippen LogP contribution < -0.4 is 5.32 Å². The average molecular weight is 280 g/mol. The highest BCUT2D eigenvalue weighted by Gasteiger charge is 2.51. The third kappa shape index (κ3) is 2.21. The molecule has 0 amide bonds. The Morgan fingerprint density at radius 1 is 1.15 bits per heavy atom. The fourth-order valence-electron chi connectivity index (χ4n) is 5.34. The van der Waals surface area contributed by atoms with Crippen molar-refractivity contribution in [1.29, 1.82) is 0 Å². The Bertz CT molecular complexity index is 351. The number of hydrogen-bond donors (Lipinski definition) is 2. The Hall–Kier alpha value is -0.160. The fraction of sp³-hybridized carbons (Fsp3) is 1.00. The van der Waals surface area contributed by atoms with Crippen molar-refractivity contribution >= 4 is 0 Å². The van der Waals surface area contributed by atoms with E-state index in [1.807, 2.05) is 0 Å². The van der Waals surface area contributed by atoms with Crippen molar-refractivity contribution in [2.45, 2.75) is 50.7 Å². The van der Waals surface area contributed by atoms with Gasteiger partial charge in [0.25, 0.3) is 0 Å². The van der Waals surface area contributed by atoms with Crippen LogP contribution in [0.2, 0.25) is 0 Å². The van der Waals surface area contributed by atoms with Crippen molar-refractivity contribution in [1.82, 2.24) is 10.2 Å². The lowest BCUT2D eigenvalue weighted by Crippen LogP contribution is -2.48. The summed E-state index contributed by atoms with van der Waals surface area (Å²) in [5.74, 6) is 1.88. The maximum atomic E-state index is 9.26. The number of hydrogen-bond acceptors (Lipinski definition) is 4. The number of nitrogens with zero attached hydrogens (tertiary/aromatic N) is 1. The molecule has 0 aromatic rings. The Morgan fingerprint density at radius 2 is 1.95 bits per heavy atom. The van der Waals surface area contributed by atoms with Gasteiger partial charge in [-0.05, 0) is 62.2 Å². The van der Waals surface area contributed by atoms with Gasteiger partial charge in [0, 0.05) is 19.6 Å². The van der Waals surface area contributed by atoms with Crippen LogP contribution >= 0.6 is 0 Å². The molecule has 0 aromatic heterocycles. The van der Waals surface area contributed by atoms with E-state index in [9.17, 15) is 5.11 Å². The van der Waals surface area contributed by atoms with Crippen LogP contribution in [0.15, 0.2) is 0 Å². The zero-order chi connectivity index (χ0) is 13.6. The van der Waals surface area contributed by atoms with Crippen molar-refractivity contribution in [3.8, 4) is 0 Å². The summed E-state index contributed by atoms with van der Waals surface area (Å²) in [5, 5.41) is 12.8. The van der Waals surface area contributed by atoms with Gasteiger partial charge in [-0.15, -0.1) is 0 Å². The van der Waals surface area contributed by atoms with Crippen LogP contribution in [-0.2, 0) is 4.74 Å². The highest BCUT2D eigenvalue weighted by Crippen LogP contribution is 2.56. The van der Waals surface area contributed by atoms with E-state index in [1.54, 1.807) is 0 Å². The van der Waals surface area contributed by atoms with Crippen LogP contribution in [0.25, 0.3) is 0 Å². The molecule has 2 heterocycles. The number of aliphatic hydroxyl groups excluding tert-OH is 1. The molecular weight excluding hydrogens is 252 g/mol. The van der Waals surface area contributed by atoms with E-state index in [2.05, 4.69) is 10.2 Å². The Kier molecular flexibility index (Phi) is 3.33. The third-order valence-corrected chi connectivity index (χ3v) is 6.54. The summed E-state index contributed by atoms with van der Waals surface area (Å²) in [4.78, 5) is 2.21. The van der Waals surface area contributed by atoms with Crippen molar-refractivity contribution in [3.05, 3.63) is 0 Å². The molecule has 4 fully saturated rings. The highest BCUT2D eigenvalue weighted by atomic mass is 16.5. The van der Waals surface area contributed by atoms with Crippen molar-refractivity contribution < 1.29 is 9.84 Å². The van der Waals surface area contributed by atoms with E-state index in [0.29, 0.717) is 5.41 Å². The molecule has 4 rings (SSSR count). The van der Waals surface area contributed by atoms with Crippen molar-refractivity contribution in [2.75, 3.05) is 33.0 Å². The topological polar surface area (TPSA) is 44.7 Å². The first kappa shape index (κ1) is 13.5. The van der Waals surface area contributed by atoms with Gasteiger partial charge in [0.2, 0.25) is 0 Å². The lowest BCUT2D eigenvalue weighted by Gasteiger charge is -2.51. The molecule has 0 unspecified atom stereocenters. The second-order valence-corrected chi connectivity index (χ2v) is 7.72. The summed E-state index contributed by atoms with van der Waals surface area (Å²) in [6.07, 6.45) is 9.25. The zero-order valence-electron chi connectivity index (χ0n) is 12.4. The van der Waals surface area contributed by atoms with Crippen LogP contribution in [-0.4, -0.2) is 48.7 Å². The lowest BCUT2D eigenvalue weighted by atomic mass is 9.55. The predicted molar refractivity (Wildman–Crippen MR) is 77.1 cm³/mol. The predicted octanol–water partition coefficient (Wildman–Crippen LogP) is 1.54. The van der Waals surface area contributed by atoms with Gasteiger partial charge in [0.05, 0.1) is 13.3 Å². The first-order valence-corrected chi connectivity index (χ1v) is 8.45. The van der Waals surface area contributed by atoms with E-state index in [4.69, 9.17) is 4.74 Å². The maximum absolute atomic E-state index is 9.26. The monoisotopic (exact) mass is 280 g/mol. The standard InChI is InChI=1S/C16H28N2O2/c19-12-18-7-5-15(11-18)9-14(10-15)13-1-3-16(4-2-13)17-6-8-20-16/h13-14,17,19H,1-12H2. The number of ether oxygens (including phenoxy) is 1. The van der Waals surface area contributed by atoms with E-state index in [0.717, 1.165) is 38.1 Å². The largest absolute Gasteiger partial charge is 0.381 e. The molecular formula is C16H28N2O2. The van der Waals surface area contributed by atoms with E-state index < -0.39 is 0 Å². The first-order valence-electron chi connectivity index (χ1n) is 8.45. The number of aliphatic hydroxyl groups is 1. The Balaban J connectivity index is 1.28. The molecule has 0 aromatic carbocycles. The van der Waals surface area contributed by atoms with Crippen LogP contribution in [0, 0.1) is 17.3 Å². The summed E-state index contributed by atoms with van der Waals surface area (Å²) in [5.41, 5.74) is 0.629. The van der Waals surface area contributed by atoms with E-state index in [1.165, 1.54) is 44.9 Å². The van der Waals surface area contributed by atoms with Gasteiger partial charge in [-0.3, -0.25) is 10.2 Å². The minimum Gasteiger partial charge on any atom is -0.381 e. The van der Waals surface area contributed by atoms with Gasteiger partial charge in [-0.2, -0.15) is 0 Å². The molecule has 0 radical (unpaired) electrons. The molecule has 2 aliphatic heterocycles. The van der Waals surface area contributed by atoms with Gasteiger partial charge >= 0.3 is 0 Å². The Morgan fingerprint density at radius 3 is 2.55 bits per heavy atom. The third-order valence-electron chi connectivity index (χ3n) is 6.54. The lowest BCUT2D eigenvalue weighted by molar-refractivity contribution is -0.0721. The second kappa shape index (κ2) is 4.94. The second-order valence-electron chi connectivity index (χ2n) is 7.72. The average Bonchev–Trinajstić information content (AvgIpc) is 3.06. The van der Waals surface area contributed by atoms with Gasteiger partial charge in [-0.25, -0.2) is 0 Å². The molecule has 114 valence electrons.